The van der Waals surface area contributed by atoms with Gasteiger partial charge in [0.05, 0.1) is 12.7 Å². The van der Waals surface area contributed by atoms with E-state index in [2.05, 4.69) is 4.74 Å². The quantitative estimate of drug-likeness (QED) is 0.665. The number of hydrogen-bond acceptors (Lipinski definition) is 5. The standard InChI is InChI=1S/C11H13NO5/c1-5-3-4-6(10(14)15)7(9(5)13)8(12)11(16)17-2/h3-4,8,13H,12H2,1-2H3,(H,14,15)/t8-/m0/s1. The van der Waals surface area contributed by atoms with Crippen LogP contribution in [0.3, 0.4) is 0 Å². The molecule has 92 valence electrons. The van der Waals surface area contributed by atoms with Crippen LogP contribution in [-0.4, -0.2) is 29.3 Å². The van der Waals surface area contributed by atoms with Crippen LogP contribution in [0.25, 0.3) is 0 Å². The Labute approximate surface area is 97.6 Å². The second-order valence-corrected chi connectivity index (χ2v) is 3.50. The highest BCUT2D eigenvalue weighted by atomic mass is 16.5. The average Bonchev–Trinajstić information content (AvgIpc) is 2.30. The maximum Gasteiger partial charge on any atom is 0.336 e. The Kier molecular flexibility index (Phi) is 3.69. The monoisotopic (exact) mass is 239 g/mol. The summed E-state index contributed by atoms with van der Waals surface area (Å²) in [4.78, 5) is 22.3. The summed E-state index contributed by atoms with van der Waals surface area (Å²) in [6, 6.07) is 1.40. The molecule has 0 spiro atoms. The highest BCUT2D eigenvalue weighted by Gasteiger charge is 2.26. The highest BCUT2D eigenvalue weighted by molar-refractivity contribution is 5.93. The third-order valence-electron chi connectivity index (χ3n) is 2.42. The van der Waals surface area contributed by atoms with Gasteiger partial charge in [0.2, 0.25) is 0 Å². The van der Waals surface area contributed by atoms with Gasteiger partial charge < -0.3 is 20.7 Å². The topological polar surface area (TPSA) is 110 Å². The molecule has 0 aliphatic heterocycles. The van der Waals surface area contributed by atoms with Crippen LogP contribution >= 0.6 is 0 Å². The molecule has 6 heteroatoms. The van der Waals surface area contributed by atoms with E-state index in [0.717, 1.165) is 7.11 Å². The van der Waals surface area contributed by atoms with Crippen LogP contribution in [0, 0.1) is 6.92 Å². The molecule has 0 radical (unpaired) electrons. The minimum atomic E-state index is -1.33. The molecule has 1 aromatic rings. The van der Waals surface area contributed by atoms with Gasteiger partial charge in [-0.1, -0.05) is 6.07 Å². The molecule has 1 rings (SSSR count). The van der Waals surface area contributed by atoms with Crippen molar-refractivity contribution in [3.05, 3.63) is 28.8 Å². The fourth-order valence-electron chi connectivity index (χ4n) is 1.46. The van der Waals surface area contributed by atoms with Gasteiger partial charge in [0.1, 0.15) is 11.8 Å². The predicted molar refractivity (Wildman–Crippen MR) is 58.7 cm³/mol. The van der Waals surface area contributed by atoms with E-state index >= 15 is 0 Å². The fourth-order valence-corrected chi connectivity index (χ4v) is 1.46. The molecule has 0 saturated carbocycles. The average molecular weight is 239 g/mol. The van der Waals surface area contributed by atoms with Gasteiger partial charge in [-0.3, -0.25) is 4.79 Å². The number of benzene rings is 1. The number of aromatic carboxylic acids is 1. The molecule has 0 heterocycles. The summed E-state index contributed by atoms with van der Waals surface area (Å²) >= 11 is 0. The van der Waals surface area contributed by atoms with Gasteiger partial charge in [-0.25, -0.2) is 4.79 Å². The number of hydrogen-bond donors (Lipinski definition) is 3. The number of carboxylic acids is 1. The summed E-state index contributed by atoms with van der Waals surface area (Å²) in [7, 11) is 1.13. The second-order valence-electron chi connectivity index (χ2n) is 3.50. The molecule has 17 heavy (non-hydrogen) atoms. The van der Waals surface area contributed by atoms with Crippen molar-refractivity contribution in [2.24, 2.45) is 5.73 Å². The number of aromatic hydroxyl groups is 1. The number of carboxylic acid groups (broad SMARTS) is 1. The maximum atomic E-state index is 11.3. The van der Waals surface area contributed by atoms with E-state index < -0.39 is 18.0 Å². The number of phenolic OH excluding ortho intramolecular Hbond substituents is 1. The summed E-state index contributed by atoms with van der Waals surface area (Å²) in [5, 5.41) is 18.8. The predicted octanol–water partition coefficient (Wildman–Crippen LogP) is 0.572. The number of carbonyl (C=O) groups excluding carboxylic acids is 1. The fraction of sp³-hybridized carbons (Fsp3) is 0.273. The van der Waals surface area contributed by atoms with Crippen molar-refractivity contribution < 1.29 is 24.5 Å². The second kappa shape index (κ2) is 4.84. The molecule has 0 fully saturated rings. The number of carbonyl (C=O) groups is 2. The molecular weight excluding hydrogens is 226 g/mol. The van der Waals surface area contributed by atoms with Gasteiger partial charge in [0.25, 0.3) is 0 Å². The number of rotatable bonds is 3. The first-order valence-corrected chi connectivity index (χ1v) is 4.79. The molecule has 6 nitrogen and oxygen atoms in total. The van der Waals surface area contributed by atoms with E-state index in [1.165, 1.54) is 12.1 Å². The van der Waals surface area contributed by atoms with Gasteiger partial charge in [-0.15, -0.1) is 0 Å². The molecule has 0 saturated heterocycles. The van der Waals surface area contributed by atoms with Crippen molar-refractivity contribution >= 4 is 11.9 Å². The van der Waals surface area contributed by atoms with Gasteiger partial charge in [0, 0.05) is 5.56 Å². The number of ether oxygens (including phenoxy) is 1. The molecule has 0 aliphatic carbocycles. The zero-order valence-electron chi connectivity index (χ0n) is 9.43. The number of esters is 1. The van der Waals surface area contributed by atoms with Crippen LogP contribution in [0.1, 0.15) is 27.5 Å². The molecule has 0 aromatic heterocycles. The number of methoxy groups -OCH3 is 1. The largest absolute Gasteiger partial charge is 0.507 e. The van der Waals surface area contributed by atoms with E-state index in [1.54, 1.807) is 6.92 Å². The Morgan fingerprint density at radius 2 is 2.00 bits per heavy atom. The number of aryl methyl sites for hydroxylation is 1. The molecule has 0 aliphatic rings. The smallest absolute Gasteiger partial charge is 0.336 e. The highest BCUT2D eigenvalue weighted by Crippen LogP contribution is 2.30. The Bertz CT molecular complexity index is 469. The van der Waals surface area contributed by atoms with Crippen LogP contribution in [-0.2, 0) is 9.53 Å². The molecule has 0 unspecified atom stereocenters. The lowest BCUT2D eigenvalue weighted by Gasteiger charge is -2.15. The van der Waals surface area contributed by atoms with E-state index in [4.69, 9.17) is 10.8 Å². The minimum absolute atomic E-state index is 0.135. The lowest BCUT2D eigenvalue weighted by molar-refractivity contribution is -0.142. The van der Waals surface area contributed by atoms with E-state index in [9.17, 15) is 14.7 Å². The first-order valence-electron chi connectivity index (χ1n) is 4.79. The number of nitrogens with two attached hydrogens (primary N) is 1. The summed E-state index contributed by atoms with van der Waals surface area (Å²) in [5.74, 6) is -2.38. The Balaban J connectivity index is 3.42. The third kappa shape index (κ3) is 2.36. The summed E-state index contributed by atoms with van der Waals surface area (Å²) in [5.41, 5.74) is 5.64. The maximum absolute atomic E-state index is 11.3. The van der Waals surface area contributed by atoms with Crippen molar-refractivity contribution in [1.82, 2.24) is 0 Å². The lowest BCUT2D eigenvalue weighted by Crippen LogP contribution is -2.25. The third-order valence-corrected chi connectivity index (χ3v) is 2.42. The van der Waals surface area contributed by atoms with Crippen molar-refractivity contribution in [3.8, 4) is 5.75 Å². The van der Waals surface area contributed by atoms with Crippen molar-refractivity contribution in [1.29, 1.82) is 0 Å². The summed E-state index contributed by atoms with van der Waals surface area (Å²) in [6.45, 7) is 1.58. The van der Waals surface area contributed by atoms with Crippen molar-refractivity contribution in [2.75, 3.05) is 7.11 Å². The van der Waals surface area contributed by atoms with Crippen molar-refractivity contribution in [3.63, 3.8) is 0 Å². The number of phenols is 1. The van der Waals surface area contributed by atoms with Crippen molar-refractivity contribution in [2.45, 2.75) is 13.0 Å². The normalized spacial score (nSPS) is 11.9. The van der Waals surface area contributed by atoms with Gasteiger partial charge in [-0.2, -0.15) is 0 Å². The molecule has 0 bridgehead atoms. The first-order chi connectivity index (χ1) is 7.90. The van der Waals surface area contributed by atoms with Gasteiger partial charge in [-0.05, 0) is 18.6 Å². The van der Waals surface area contributed by atoms with E-state index in [1.807, 2.05) is 0 Å². The first kappa shape index (κ1) is 13.0. The summed E-state index contributed by atoms with van der Waals surface area (Å²) < 4.78 is 4.43. The van der Waals surface area contributed by atoms with Crippen LogP contribution in [0.15, 0.2) is 12.1 Å². The molecular formula is C11H13NO5. The van der Waals surface area contributed by atoms with Gasteiger partial charge in [0.15, 0.2) is 0 Å². The Hall–Kier alpha value is -2.08. The Morgan fingerprint density at radius 3 is 2.47 bits per heavy atom. The zero-order chi connectivity index (χ0) is 13.2. The summed E-state index contributed by atoms with van der Waals surface area (Å²) in [6.07, 6.45) is 0. The molecule has 1 atom stereocenters. The SMILES string of the molecule is COC(=O)[C@@H](N)c1c(C(=O)O)ccc(C)c1O. The zero-order valence-corrected chi connectivity index (χ0v) is 9.43. The lowest BCUT2D eigenvalue weighted by atomic mass is 9.97. The van der Waals surface area contributed by atoms with E-state index in [0.29, 0.717) is 5.56 Å². The molecule has 4 N–H and O–H groups in total. The van der Waals surface area contributed by atoms with Gasteiger partial charge >= 0.3 is 11.9 Å². The van der Waals surface area contributed by atoms with Crippen LogP contribution in [0.2, 0.25) is 0 Å². The molecule has 0 amide bonds. The van der Waals surface area contributed by atoms with E-state index in [-0.39, 0.29) is 16.9 Å². The Morgan fingerprint density at radius 1 is 1.41 bits per heavy atom. The van der Waals surface area contributed by atoms with Crippen LogP contribution < -0.4 is 5.73 Å². The molecule has 1 aromatic carbocycles. The van der Waals surface area contributed by atoms with Crippen LogP contribution in [0.5, 0.6) is 5.75 Å². The van der Waals surface area contributed by atoms with Crippen LogP contribution in [0.4, 0.5) is 0 Å². The minimum Gasteiger partial charge on any atom is -0.507 e.